The van der Waals surface area contributed by atoms with Crippen LogP contribution in [0.1, 0.15) is 31.4 Å². The number of alkyl halides is 3. The Labute approximate surface area is 104 Å². The van der Waals surface area contributed by atoms with E-state index >= 15 is 0 Å². The second-order valence-electron chi connectivity index (χ2n) is 4.21. The van der Waals surface area contributed by atoms with E-state index in [1.807, 2.05) is 12.1 Å². The third-order valence-corrected chi connectivity index (χ3v) is 2.52. The lowest BCUT2D eigenvalue weighted by atomic mass is 10.0. The molecule has 1 rings (SSSR count). The zero-order valence-electron chi connectivity index (χ0n) is 10.0. The standard InChI is InChI=1S/C13H15F3N2/c1-10(9-13(14,15)16)18-12(7-8-17)11-5-3-2-4-6-11/h2-6,10,12,18H,7,9H2,1H3. The highest BCUT2D eigenvalue weighted by Crippen LogP contribution is 2.24. The van der Waals surface area contributed by atoms with Crippen molar-refractivity contribution in [3.05, 3.63) is 35.9 Å². The number of rotatable bonds is 5. The minimum absolute atomic E-state index is 0.145. The zero-order valence-corrected chi connectivity index (χ0v) is 10.0. The first-order valence-electron chi connectivity index (χ1n) is 5.67. The summed E-state index contributed by atoms with van der Waals surface area (Å²) in [7, 11) is 0. The molecule has 0 saturated heterocycles. The van der Waals surface area contributed by atoms with Gasteiger partial charge in [-0.1, -0.05) is 30.3 Å². The first-order chi connectivity index (χ1) is 8.42. The van der Waals surface area contributed by atoms with E-state index in [0.717, 1.165) is 5.56 Å². The molecular formula is C13H15F3N2. The largest absolute Gasteiger partial charge is 0.390 e. The Kier molecular flexibility index (Phi) is 5.17. The maximum Gasteiger partial charge on any atom is 0.390 e. The Bertz CT molecular complexity index is 395. The van der Waals surface area contributed by atoms with Crippen LogP contribution in [0.4, 0.5) is 13.2 Å². The zero-order chi connectivity index (χ0) is 13.6. The maximum atomic E-state index is 12.2. The fraction of sp³-hybridized carbons (Fsp3) is 0.462. The van der Waals surface area contributed by atoms with Crippen molar-refractivity contribution in [2.75, 3.05) is 0 Å². The van der Waals surface area contributed by atoms with Crippen LogP contribution < -0.4 is 5.32 Å². The first-order valence-corrected chi connectivity index (χ1v) is 5.67. The van der Waals surface area contributed by atoms with Gasteiger partial charge in [0, 0.05) is 12.1 Å². The van der Waals surface area contributed by atoms with Gasteiger partial charge in [0.05, 0.1) is 18.9 Å². The molecule has 98 valence electrons. The van der Waals surface area contributed by atoms with E-state index in [1.54, 1.807) is 24.3 Å². The third-order valence-electron chi connectivity index (χ3n) is 2.52. The molecule has 0 aliphatic carbocycles. The second-order valence-corrected chi connectivity index (χ2v) is 4.21. The number of nitriles is 1. The molecule has 0 aliphatic heterocycles. The van der Waals surface area contributed by atoms with Crippen molar-refractivity contribution in [2.45, 2.75) is 38.0 Å². The predicted octanol–water partition coefficient (Wildman–Crippen LogP) is 3.57. The molecule has 1 aromatic rings. The van der Waals surface area contributed by atoms with Crippen LogP contribution in [0, 0.1) is 11.3 Å². The van der Waals surface area contributed by atoms with Gasteiger partial charge >= 0.3 is 6.18 Å². The lowest BCUT2D eigenvalue weighted by molar-refractivity contribution is -0.139. The molecule has 1 N–H and O–H groups in total. The SMILES string of the molecule is CC(CC(F)(F)F)NC(CC#N)c1ccccc1. The molecule has 5 heteroatoms. The molecule has 0 heterocycles. The van der Waals surface area contributed by atoms with Crippen molar-refractivity contribution in [1.29, 1.82) is 5.26 Å². The Morgan fingerprint density at radius 1 is 1.28 bits per heavy atom. The van der Waals surface area contributed by atoms with Crippen molar-refractivity contribution in [3.63, 3.8) is 0 Å². The smallest absolute Gasteiger partial charge is 0.306 e. The Hall–Kier alpha value is -1.54. The monoisotopic (exact) mass is 256 g/mol. The normalized spacial score (nSPS) is 14.8. The van der Waals surface area contributed by atoms with Gasteiger partial charge < -0.3 is 5.32 Å². The quantitative estimate of drug-likeness (QED) is 0.874. The van der Waals surface area contributed by atoms with E-state index in [-0.39, 0.29) is 12.5 Å². The van der Waals surface area contributed by atoms with Gasteiger partial charge in [-0.2, -0.15) is 18.4 Å². The number of hydrogen-bond acceptors (Lipinski definition) is 2. The summed E-state index contributed by atoms with van der Waals surface area (Å²) in [5.41, 5.74) is 0.827. The van der Waals surface area contributed by atoms with E-state index in [1.165, 1.54) is 6.92 Å². The van der Waals surface area contributed by atoms with Crippen molar-refractivity contribution in [1.82, 2.24) is 5.32 Å². The summed E-state index contributed by atoms with van der Waals surface area (Å²) in [5, 5.41) is 11.6. The topological polar surface area (TPSA) is 35.8 Å². The number of nitrogens with zero attached hydrogens (tertiary/aromatic N) is 1. The summed E-state index contributed by atoms with van der Waals surface area (Å²) in [5.74, 6) is 0. The van der Waals surface area contributed by atoms with E-state index < -0.39 is 18.6 Å². The lowest BCUT2D eigenvalue weighted by Gasteiger charge is -2.22. The highest BCUT2D eigenvalue weighted by molar-refractivity contribution is 5.20. The van der Waals surface area contributed by atoms with Gasteiger partial charge in [0.25, 0.3) is 0 Å². The van der Waals surface area contributed by atoms with Crippen molar-refractivity contribution < 1.29 is 13.2 Å². The van der Waals surface area contributed by atoms with Crippen molar-refractivity contribution >= 4 is 0 Å². The van der Waals surface area contributed by atoms with Crippen LogP contribution in [0.5, 0.6) is 0 Å². The molecule has 0 bridgehead atoms. The highest BCUT2D eigenvalue weighted by atomic mass is 19.4. The molecule has 0 amide bonds. The molecule has 1 aromatic carbocycles. The van der Waals surface area contributed by atoms with Crippen LogP contribution in [0.3, 0.4) is 0 Å². The lowest BCUT2D eigenvalue weighted by Crippen LogP contribution is -2.34. The fourth-order valence-electron chi connectivity index (χ4n) is 1.80. The van der Waals surface area contributed by atoms with Gasteiger partial charge in [-0.25, -0.2) is 0 Å². The maximum absolute atomic E-state index is 12.2. The molecular weight excluding hydrogens is 241 g/mol. The summed E-state index contributed by atoms with van der Waals surface area (Å²) in [4.78, 5) is 0. The van der Waals surface area contributed by atoms with Gasteiger partial charge in [0.1, 0.15) is 0 Å². The molecule has 0 aliphatic rings. The summed E-state index contributed by atoms with van der Waals surface area (Å²) in [6.07, 6.45) is -4.95. The molecule has 0 spiro atoms. The van der Waals surface area contributed by atoms with Gasteiger partial charge in [-0.15, -0.1) is 0 Å². The van der Waals surface area contributed by atoms with E-state index in [2.05, 4.69) is 5.32 Å². The van der Waals surface area contributed by atoms with Crippen molar-refractivity contribution in [3.8, 4) is 6.07 Å². The molecule has 18 heavy (non-hydrogen) atoms. The minimum atomic E-state index is -4.19. The number of benzene rings is 1. The third kappa shape index (κ3) is 5.19. The number of hydrogen-bond donors (Lipinski definition) is 1. The summed E-state index contributed by atoms with van der Waals surface area (Å²) < 4.78 is 36.7. The van der Waals surface area contributed by atoms with Crippen LogP contribution >= 0.6 is 0 Å². The van der Waals surface area contributed by atoms with E-state index in [0.29, 0.717) is 0 Å². The van der Waals surface area contributed by atoms with Gasteiger partial charge in [-0.05, 0) is 12.5 Å². The summed E-state index contributed by atoms with van der Waals surface area (Å²) >= 11 is 0. The molecule has 2 unspecified atom stereocenters. The van der Waals surface area contributed by atoms with Crippen LogP contribution in [0.2, 0.25) is 0 Å². The van der Waals surface area contributed by atoms with E-state index in [4.69, 9.17) is 5.26 Å². The van der Waals surface area contributed by atoms with Crippen LogP contribution in [-0.2, 0) is 0 Å². The highest BCUT2D eigenvalue weighted by Gasteiger charge is 2.30. The van der Waals surface area contributed by atoms with E-state index in [9.17, 15) is 13.2 Å². The van der Waals surface area contributed by atoms with Gasteiger partial charge in [0.2, 0.25) is 0 Å². The Morgan fingerprint density at radius 3 is 2.39 bits per heavy atom. The van der Waals surface area contributed by atoms with Crippen LogP contribution in [-0.4, -0.2) is 12.2 Å². The molecule has 2 nitrogen and oxygen atoms in total. The van der Waals surface area contributed by atoms with Crippen LogP contribution in [0.25, 0.3) is 0 Å². The molecule has 0 radical (unpaired) electrons. The second kappa shape index (κ2) is 6.41. The van der Waals surface area contributed by atoms with Crippen molar-refractivity contribution in [2.24, 2.45) is 0 Å². The average Bonchev–Trinajstić information content (AvgIpc) is 2.27. The molecule has 0 aromatic heterocycles. The molecule has 0 fully saturated rings. The minimum Gasteiger partial charge on any atom is -0.306 e. The van der Waals surface area contributed by atoms with Gasteiger partial charge in [-0.3, -0.25) is 0 Å². The summed E-state index contributed by atoms with van der Waals surface area (Å²) in [6, 6.07) is 9.93. The Balaban J connectivity index is 2.67. The van der Waals surface area contributed by atoms with Gasteiger partial charge in [0.15, 0.2) is 0 Å². The molecule has 0 saturated carbocycles. The Morgan fingerprint density at radius 2 is 1.89 bits per heavy atom. The number of nitrogens with one attached hydrogen (secondary N) is 1. The average molecular weight is 256 g/mol. The first kappa shape index (κ1) is 14.5. The summed E-state index contributed by atoms with van der Waals surface area (Å²) in [6.45, 7) is 1.47. The van der Waals surface area contributed by atoms with Crippen LogP contribution in [0.15, 0.2) is 30.3 Å². The fourth-order valence-corrected chi connectivity index (χ4v) is 1.80. The number of halogens is 3. The predicted molar refractivity (Wildman–Crippen MR) is 62.7 cm³/mol. The molecule has 2 atom stereocenters.